The number of benzene rings is 1. The van der Waals surface area contributed by atoms with Gasteiger partial charge in [-0.2, -0.15) is 0 Å². The summed E-state index contributed by atoms with van der Waals surface area (Å²) in [7, 11) is -3.84. The van der Waals surface area contributed by atoms with E-state index in [0.717, 1.165) is 36.9 Å². The van der Waals surface area contributed by atoms with Gasteiger partial charge in [0.15, 0.2) is 5.13 Å². The molecule has 3 N–H and O–H groups in total. The molecule has 5 atom stereocenters. The van der Waals surface area contributed by atoms with Crippen LogP contribution in [0.5, 0.6) is 0 Å². The molecule has 12 nitrogen and oxygen atoms in total. The minimum absolute atomic E-state index is 0.0135. The number of rotatable bonds is 8. The number of hydrogen-bond acceptors (Lipinski definition) is 10. The van der Waals surface area contributed by atoms with E-state index in [0.29, 0.717) is 30.9 Å². The summed E-state index contributed by atoms with van der Waals surface area (Å²) in [6.07, 6.45) is 8.14. The molecule has 14 heteroatoms. The van der Waals surface area contributed by atoms with Crippen molar-refractivity contribution in [1.29, 1.82) is 0 Å². The molecule has 3 amide bonds. The largest absolute Gasteiger partial charge is 0.463 e. The number of thiazole rings is 1. The maximum atomic E-state index is 14.2. The summed E-state index contributed by atoms with van der Waals surface area (Å²) >= 11 is 1.39. The van der Waals surface area contributed by atoms with Gasteiger partial charge < -0.3 is 20.3 Å². The van der Waals surface area contributed by atoms with Crippen molar-refractivity contribution in [2.45, 2.75) is 86.8 Å². The molecular weight excluding hydrogens is 619 g/mol. The topological polar surface area (TPSA) is 164 Å². The fourth-order valence-corrected chi connectivity index (χ4v) is 8.31. The predicted octanol–water partition coefficient (Wildman–Crippen LogP) is 2.74. The molecular formula is C31H37N5O7S2. The van der Waals surface area contributed by atoms with Gasteiger partial charge in [-0.15, -0.1) is 11.3 Å². The van der Waals surface area contributed by atoms with Gasteiger partial charge >= 0.3 is 0 Å². The van der Waals surface area contributed by atoms with Crippen LogP contribution in [-0.2, 0) is 33.9 Å². The molecule has 2 aromatic rings. The smallest absolute Gasteiger partial charge is 0.293 e. The Morgan fingerprint density at radius 1 is 1.13 bits per heavy atom. The minimum atomic E-state index is -3.84. The van der Waals surface area contributed by atoms with Crippen LogP contribution in [0.15, 0.2) is 47.9 Å². The molecule has 0 radical (unpaired) electrons. The van der Waals surface area contributed by atoms with Crippen LogP contribution in [0.2, 0.25) is 0 Å². The van der Waals surface area contributed by atoms with Gasteiger partial charge in [0.1, 0.15) is 23.7 Å². The first-order valence-corrected chi connectivity index (χ1v) is 17.8. The molecule has 3 fully saturated rings. The lowest BCUT2D eigenvalue weighted by atomic mass is 10.1. The number of sulfonamides is 1. The highest BCUT2D eigenvalue weighted by Gasteiger charge is 2.62. The van der Waals surface area contributed by atoms with Gasteiger partial charge in [-0.25, -0.2) is 13.4 Å². The summed E-state index contributed by atoms with van der Waals surface area (Å²) < 4.78 is 32.6. The lowest BCUT2D eigenvalue weighted by molar-refractivity contribution is -0.140. The Bertz CT molecular complexity index is 1580. The second kappa shape index (κ2) is 12.9. The minimum Gasteiger partial charge on any atom is -0.463 e. The Kier molecular flexibility index (Phi) is 8.96. The van der Waals surface area contributed by atoms with Gasteiger partial charge in [0.05, 0.1) is 17.5 Å². The van der Waals surface area contributed by atoms with Crippen LogP contribution >= 0.6 is 11.3 Å². The van der Waals surface area contributed by atoms with Crippen molar-refractivity contribution in [3.63, 3.8) is 0 Å². The average molecular weight is 656 g/mol. The Morgan fingerprint density at radius 3 is 2.69 bits per heavy atom. The van der Waals surface area contributed by atoms with Crippen molar-refractivity contribution < 1.29 is 32.3 Å². The fourth-order valence-electron chi connectivity index (χ4n) is 6.17. The molecule has 0 spiro atoms. The van der Waals surface area contributed by atoms with E-state index in [9.17, 15) is 27.6 Å². The molecule has 4 aliphatic rings. The summed E-state index contributed by atoms with van der Waals surface area (Å²) in [5.41, 5.74) is 0.290. The van der Waals surface area contributed by atoms with Crippen molar-refractivity contribution >= 4 is 50.7 Å². The first kappa shape index (κ1) is 31.2. The van der Waals surface area contributed by atoms with E-state index in [4.69, 9.17) is 9.72 Å². The van der Waals surface area contributed by atoms with Crippen molar-refractivity contribution in [2.24, 2.45) is 5.92 Å². The Labute approximate surface area is 266 Å². The molecule has 6 rings (SSSR count). The van der Waals surface area contributed by atoms with E-state index in [2.05, 4.69) is 15.4 Å². The molecule has 45 heavy (non-hydrogen) atoms. The van der Waals surface area contributed by atoms with Crippen LogP contribution in [0.4, 0.5) is 5.13 Å². The monoisotopic (exact) mass is 655 g/mol. The third-order valence-corrected chi connectivity index (χ3v) is 11.6. The number of hydrogen-bond donors (Lipinski definition) is 3. The van der Waals surface area contributed by atoms with Crippen molar-refractivity contribution in [3.05, 3.63) is 47.9 Å². The van der Waals surface area contributed by atoms with Gasteiger partial charge in [-0.3, -0.25) is 23.9 Å². The highest BCUT2D eigenvalue weighted by molar-refractivity contribution is 7.91. The molecule has 0 bridgehead atoms. The number of carbonyl (C=O) groups excluding carboxylic acids is 4. The molecule has 1 aromatic carbocycles. The number of carbonyl (C=O) groups is 4. The second-order valence-corrected chi connectivity index (χ2v) is 15.0. The maximum absolute atomic E-state index is 14.2. The molecule has 240 valence electrons. The first-order chi connectivity index (χ1) is 21.7. The number of fused-ring (bicyclic) bond motifs is 2. The van der Waals surface area contributed by atoms with E-state index >= 15 is 0 Å². The zero-order chi connectivity index (χ0) is 31.6. The van der Waals surface area contributed by atoms with E-state index in [1.165, 1.54) is 16.2 Å². The van der Waals surface area contributed by atoms with Crippen molar-refractivity contribution in [2.75, 3.05) is 11.9 Å². The van der Waals surface area contributed by atoms with Crippen molar-refractivity contribution in [3.8, 4) is 11.3 Å². The van der Waals surface area contributed by atoms with Gasteiger partial charge in [-0.05, 0) is 38.5 Å². The Morgan fingerprint density at radius 2 is 1.93 bits per heavy atom. The lowest BCUT2D eigenvalue weighted by Gasteiger charge is -2.29. The molecule has 3 heterocycles. The van der Waals surface area contributed by atoms with Crippen LogP contribution in [0, 0.1) is 5.92 Å². The summed E-state index contributed by atoms with van der Waals surface area (Å²) in [6.45, 7) is 0.314. The van der Waals surface area contributed by atoms with E-state index < -0.39 is 50.8 Å². The summed E-state index contributed by atoms with van der Waals surface area (Å²) in [5.74, 6) is -2.08. The predicted molar refractivity (Wildman–Crippen MR) is 167 cm³/mol. The van der Waals surface area contributed by atoms with Crippen LogP contribution < -0.4 is 15.4 Å². The van der Waals surface area contributed by atoms with E-state index in [-0.39, 0.29) is 31.2 Å². The van der Waals surface area contributed by atoms with Crippen LogP contribution in [0.25, 0.3) is 11.3 Å². The summed E-state index contributed by atoms with van der Waals surface area (Å²) in [6, 6.07) is 7.99. The summed E-state index contributed by atoms with van der Waals surface area (Å²) in [4.78, 5) is 58.8. The first-order valence-electron chi connectivity index (χ1n) is 15.4. The number of nitrogens with one attached hydrogen (secondary N) is 3. The van der Waals surface area contributed by atoms with Gasteiger partial charge in [0, 0.05) is 23.3 Å². The highest BCUT2D eigenvalue weighted by atomic mass is 32.2. The molecule has 2 saturated carbocycles. The standard InChI is InChI=1S/C31H37N5O7S2/c37-19-43-22-15-26-27(38)34-31(29(40)35-45(41,42)23-13-14-23)16-21(31)11-7-2-1-3-8-12-24(28(39)36(26)17-22)32-30-33-25(18-44-30)20-9-5-4-6-10-20/h4-7,9-11,18-19,21-24,26H,1-3,8,12-17H2,(H,32,33)(H,34,38)(H,35,40)/b11-7-/t21-,22-,24+,26+,31-/m1/s1. The van der Waals surface area contributed by atoms with E-state index in [1.807, 2.05) is 47.9 Å². The second-order valence-electron chi connectivity index (χ2n) is 12.2. The lowest BCUT2D eigenvalue weighted by Crippen LogP contribution is -2.57. The molecule has 1 aromatic heterocycles. The quantitative estimate of drug-likeness (QED) is 0.287. The highest BCUT2D eigenvalue weighted by Crippen LogP contribution is 2.46. The summed E-state index contributed by atoms with van der Waals surface area (Å²) in [5, 5.41) is 8.02. The third-order valence-electron chi connectivity index (χ3n) is 8.96. The number of aromatic nitrogens is 1. The van der Waals surface area contributed by atoms with Crippen LogP contribution in [0.3, 0.4) is 0 Å². The maximum Gasteiger partial charge on any atom is 0.293 e. The molecule has 2 aliphatic carbocycles. The van der Waals surface area contributed by atoms with Crippen LogP contribution in [0.1, 0.15) is 57.8 Å². The normalized spacial score (nSPS) is 29.6. The van der Waals surface area contributed by atoms with Gasteiger partial charge in [0.2, 0.25) is 21.8 Å². The zero-order valence-corrected chi connectivity index (χ0v) is 26.4. The van der Waals surface area contributed by atoms with Gasteiger partial charge in [-0.1, -0.05) is 55.3 Å². The number of anilines is 1. The van der Waals surface area contributed by atoms with Gasteiger partial charge in [0.25, 0.3) is 12.4 Å². The molecule has 2 aliphatic heterocycles. The van der Waals surface area contributed by atoms with Crippen LogP contribution in [-0.4, -0.2) is 78.0 Å². The Balaban J connectivity index is 1.25. The number of ether oxygens (including phenoxy) is 1. The Hall–Kier alpha value is -3.78. The third kappa shape index (κ3) is 6.91. The van der Waals surface area contributed by atoms with E-state index in [1.54, 1.807) is 0 Å². The number of nitrogens with zero attached hydrogens (tertiary/aromatic N) is 2. The SMILES string of the molecule is O=CO[C@@H]1C[C@H]2C(=O)N[C@]3(C(=O)NS(=O)(=O)C4CC4)C[C@H]3/C=C\CCCCC[C@H](Nc3nc(-c4ccccc4)cs3)C(=O)N2C1. The number of amides is 3. The molecule has 0 unspecified atom stereocenters. The fraction of sp³-hybridized carbons (Fsp3) is 0.516. The van der Waals surface area contributed by atoms with Crippen molar-refractivity contribution in [1.82, 2.24) is 19.9 Å². The zero-order valence-electron chi connectivity index (χ0n) is 24.7. The molecule has 1 saturated heterocycles. The average Bonchev–Trinajstić information content (AvgIpc) is 3.90. The number of allylic oxidation sites excluding steroid dienone is 1.